The van der Waals surface area contributed by atoms with Crippen LogP contribution in [0.25, 0.3) is 0 Å². The molecule has 0 aromatic carbocycles. The lowest BCUT2D eigenvalue weighted by Crippen LogP contribution is -2.56. The third-order valence-corrected chi connectivity index (χ3v) is 9.40. The Kier molecular flexibility index (Phi) is 5.29. The summed E-state index contributed by atoms with van der Waals surface area (Å²) >= 11 is 0. The van der Waals surface area contributed by atoms with Crippen molar-refractivity contribution in [2.24, 2.45) is 34.5 Å². The molecule has 5 aliphatic carbocycles. The first-order chi connectivity index (χ1) is 13.5. The molecule has 4 bridgehead atoms. The number of ether oxygens (including phenoxy) is 1. The van der Waals surface area contributed by atoms with Gasteiger partial charge in [-0.1, -0.05) is 26.2 Å². The van der Waals surface area contributed by atoms with E-state index in [1.165, 1.54) is 51.4 Å². The van der Waals surface area contributed by atoms with Gasteiger partial charge in [0.15, 0.2) is 0 Å². The fourth-order valence-electron chi connectivity index (χ4n) is 7.76. The minimum absolute atomic E-state index is 0.171. The SMILES string of the molecule is CCC1CCC(C23CC4CC(CC(COC(=O)C(F)(F)S(=O)(=O)O)(C4)C2)C3)CC1. The number of rotatable bonds is 6. The molecule has 5 saturated carbocycles. The maximum Gasteiger partial charge on any atom is 0.465 e. The summed E-state index contributed by atoms with van der Waals surface area (Å²) < 4.78 is 62.4. The molecule has 5 fully saturated rings. The van der Waals surface area contributed by atoms with Crippen LogP contribution in [0.5, 0.6) is 0 Å². The van der Waals surface area contributed by atoms with E-state index in [1.54, 1.807) is 0 Å². The molecule has 0 aliphatic heterocycles. The average Bonchev–Trinajstić information content (AvgIpc) is 2.64. The number of esters is 1. The van der Waals surface area contributed by atoms with Crippen LogP contribution in [0, 0.1) is 34.5 Å². The van der Waals surface area contributed by atoms with Crippen LogP contribution in [0.2, 0.25) is 0 Å². The maximum absolute atomic E-state index is 13.6. The van der Waals surface area contributed by atoms with Gasteiger partial charge in [0.25, 0.3) is 0 Å². The van der Waals surface area contributed by atoms with E-state index in [1.807, 2.05) is 0 Å². The molecule has 2 atom stereocenters. The number of carbonyl (C=O) groups is 1. The summed E-state index contributed by atoms with van der Waals surface area (Å²) in [5, 5.41) is -4.91. The first-order valence-corrected chi connectivity index (χ1v) is 12.4. The van der Waals surface area contributed by atoms with Gasteiger partial charge in [-0.15, -0.1) is 0 Å². The van der Waals surface area contributed by atoms with E-state index < -0.39 is 21.3 Å². The first-order valence-electron chi connectivity index (χ1n) is 11.0. The zero-order chi connectivity index (χ0) is 21.1. The van der Waals surface area contributed by atoms with Crippen LogP contribution >= 0.6 is 0 Å². The summed E-state index contributed by atoms with van der Waals surface area (Å²) in [6, 6.07) is 0. The van der Waals surface area contributed by atoms with E-state index >= 15 is 0 Å². The third-order valence-electron chi connectivity index (χ3n) is 8.59. The lowest BCUT2D eigenvalue weighted by atomic mass is 9.41. The minimum Gasteiger partial charge on any atom is -0.460 e. The van der Waals surface area contributed by atoms with Gasteiger partial charge in [-0.2, -0.15) is 17.2 Å². The highest BCUT2D eigenvalue weighted by molar-refractivity contribution is 7.87. The smallest absolute Gasteiger partial charge is 0.460 e. The second-order valence-electron chi connectivity index (χ2n) is 10.5. The van der Waals surface area contributed by atoms with Crippen LogP contribution in [-0.4, -0.2) is 30.8 Å². The molecule has 0 aromatic rings. The fraction of sp³-hybridized carbons (Fsp3) is 0.952. The van der Waals surface area contributed by atoms with E-state index in [0.717, 1.165) is 25.2 Å². The van der Waals surface area contributed by atoms with Gasteiger partial charge < -0.3 is 4.74 Å². The van der Waals surface area contributed by atoms with E-state index in [9.17, 15) is 22.0 Å². The molecular formula is C21H32F2O5S. The van der Waals surface area contributed by atoms with E-state index in [-0.39, 0.29) is 17.4 Å². The van der Waals surface area contributed by atoms with Gasteiger partial charge in [-0.25, -0.2) is 4.79 Å². The van der Waals surface area contributed by atoms with Crippen LogP contribution in [0.3, 0.4) is 0 Å². The number of carbonyl (C=O) groups excluding carboxylic acids is 1. The molecule has 2 unspecified atom stereocenters. The molecule has 5 aliphatic rings. The molecule has 0 radical (unpaired) electrons. The van der Waals surface area contributed by atoms with Gasteiger partial charge in [-0.05, 0) is 80.5 Å². The van der Waals surface area contributed by atoms with Crippen molar-refractivity contribution < 1.29 is 31.3 Å². The summed E-state index contributed by atoms with van der Waals surface area (Å²) in [5.74, 6) is 0.401. The van der Waals surface area contributed by atoms with Crippen LogP contribution in [-0.2, 0) is 19.6 Å². The third kappa shape index (κ3) is 3.73. The lowest BCUT2D eigenvalue weighted by Gasteiger charge is -2.64. The average molecular weight is 435 g/mol. The first kappa shape index (κ1) is 21.5. The van der Waals surface area contributed by atoms with E-state index in [0.29, 0.717) is 17.8 Å². The Morgan fingerprint density at radius 1 is 1.10 bits per heavy atom. The highest BCUT2D eigenvalue weighted by Crippen LogP contribution is 2.69. The second kappa shape index (κ2) is 7.14. The van der Waals surface area contributed by atoms with Crippen molar-refractivity contribution in [3.8, 4) is 0 Å². The quantitative estimate of drug-likeness (QED) is 0.479. The summed E-state index contributed by atoms with van der Waals surface area (Å²) in [6.45, 7) is 2.08. The predicted molar refractivity (Wildman–Crippen MR) is 103 cm³/mol. The zero-order valence-electron chi connectivity index (χ0n) is 17.0. The van der Waals surface area contributed by atoms with E-state index in [4.69, 9.17) is 9.29 Å². The van der Waals surface area contributed by atoms with Gasteiger partial charge in [-0.3, -0.25) is 4.55 Å². The fourth-order valence-corrected chi connectivity index (χ4v) is 8.03. The summed E-state index contributed by atoms with van der Waals surface area (Å²) in [5.41, 5.74) is -0.0998. The summed E-state index contributed by atoms with van der Waals surface area (Å²) in [6.07, 6.45) is 12.4. The van der Waals surface area contributed by atoms with Crippen LogP contribution < -0.4 is 0 Å². The lowest BCUT2D eigenvalue weighted by molar-refractivity contribution is -0.186. The van der Waals surface area contributed by atoms with Crippen molar-refractivity contribution in [2.45, 2.75) is 82.8 Å². The van der Waals surface area contributed by atoms with Crippen molar-refractivity contribution in [1.29, 1.82) is 0 Å². The van der Waals surface area contributed by atoms with Gasteiger partial charge >= 0.3 is 21.3 Å². The second-order valence-corrected chi connectivity index (χ2v) is 12.0. The Bertz CT molecular complexity index is 743. The van der Waals surface area contributed by atoms with Crippen molar-refractivity contribution in [2.75, 3.05) is 6.61 Å². The topological polar surface area (TPSA) is 80.7 Å². The largest absolute Gasteiger partial charge is 0.465 e. The van der Waals surface area contributed by atoms with Gasteiger partial charge in [0.05, 0.1) is 6.61 Å². The summed E-state index contributed by atoms with van der Waals surface area (Å²) in [7, 11) is -5.82. The van der Waals surface area contributed by atoms with Crippen LogP contribution in [0.15, 0.2) is 0 Å². The molecule has 5 rings (SSSR count). The van der Waals surface area contributed by atoms with Crippen molar-refractivity contribution >= 4 is 16.1 Å². The standard InChI is InChI=1S/C21H32F2O5S/c1-2-14-3-5-17(6-4-14)20-10-15-7-16(11-20)9-19(8-15,12-20)13-28-18(24)21(22,23)29(25,26)27/h14-17H,2-13H2,1H3,(H,25,26,27). The van der Waals surface area contributed by atoms with Gasteiger partial charge in [0.1, 0.15) is 0 Å². The minimum atomic E-state index is -5.82. The molecule has 166 valence electrons. The van der Waals surface area contributed by atoms with Crippen LogP contribution in [0.1, 0.15) is 77.6 Å². The molecule has 0 heterocycles. The molecule has 0 amide bonds. The Balaban J connectivity index is 1.48. The molecule has 0 aromatic heterocycles. The number of alkyl halides is 2. The van der Waals surface area contributed by atoms with E-state index in [2.05, 4.69) is 6.92 Å². The van der Waals surface area contributed by atoms with Crippen molar-refractivity contribution in [3.63, 3.8) is 0 Å². The number of halogens is 2. The maximum atomic E-state index is 13.6. The molecule has 29 heavy (non-hydrogen) atoms. The Hall–Kier alpha value is -0.760. The molecule has 5 nitrogen and oxygen atoms in total. The normalized spacial score (nSPS) is 42.1. The Labute approximate surface area is 171 Å². The molecule has 8 heteroatoms. The van der Waals surface area contributed by atoms with Gasteiger partial charge in [0.2, 0.25) is 0 Å². The molecule has 0 saturated heterocycles. The van der Waals surface area contributed by atoms with Crippen molar-refractivity contribution in [1.82, 2.24) is 0 Å². The zero-order valence-corrected chi connectivity index (χ0v) is 17.9. The van der Waals surface area contributed by atoms with Crippen LogP contribution in [0.4, 0.5) is 8.78 Å². The monoisotopic (exact) mass is 434 g/mol. The summed E-state index contributed by atoms with van der Waals surface area (Å²) in [4.78, 5) is 11.7. The molecule has 1 N–H and O–H groups in total. The number of hydrogen-bond donors (Lipinski definition) is 1. The Morgan fingerprint density at radius 2 is 1.69 bits per heavy atom. The highest BCUT2D eigenvalue weighted by atomic mass is 32.2. The molecule has 0 spiro atoms. The predicted octanol–water partition coefficient (Wildman–Crippen LogP) is 4.81. The van der Waals surface area contributed by atoms with Crippen molar-refractivity contribution in [3.05, 3.63) is 0 Å². The number of hydrogen-bond acceptors (Lipinski definition) is 4. The molecular weight excluding hydrogens is 402 g/mol. The highest BCUT2D eigenvalue weighted by Gasteiger charge is 2.61. The van der Waals surface area contributed by atoms with Gasteiger partial charge in [0, 0.05) is 5.41 Å². The Morgan fingerprint density at radius 3 is 2.21 bits per heavy atom.